The van der Waals surface area contributed by atoms with Crippen LogP contribution in [0.25, 0.3) is 0 Å². The molecular formula is C21H28N4O3. The van der Waals surface area contributed by atoms with Gasteiger partial charge in [0.2, 0.25) is 0 Å². The van der Waals surface area contributed by atoms with Crippen LogP contribution in [0.15, 0.2) is 42.5 Å². The number of benzene rings is 2. The summed E-state index contributed by atoms with van der Waals surface area (Å²) in [6, 6.07) is 13.7. The summed E-state index contributed by atoms with van der Waals surface area (Å²) in [6.07, 6.45) is 0. The summed E-state index contributed by atoms with van der Waals surface area (Å²) in [4.78, 5) is 18.7. The quantitative estimate of drug-likeness (QED) is 0.858. The predicted molar refractivity (Wildman–Crippen MR) is 113 cm³/mol. The van der Waals surface area contributed by atoms with Crippen LogP contribution in [0, 0.1) is 0 Å². The Balaban J connectivity index is 1.56. The topological polar surface area (TPSA) is 57.3 Å². The molecule has 0 radical (unpaired) electrons. The van der Waals surface area contributed by atoms with Crippen LogP contribution in [0.3, 0.4) is 0 Å². The zero-order valence-corrected chi connectivity index (χ0v) is 16.9. The van der Waals surface area contributed by atoms with Crippen LogP contribution >= 0.6 is 0 Å². The number of nitrogens with zero attached hydrogens (tertiary/aromatic N) is 3. The van der Waals surface area contributed by atoms with E-state index in [0.29, 0.717) is 24.6 Å². The monoisotopic (exact) mass is 384 g/mol. The molecule has 0 aliphatic carbocycles. The van der Waals surface area contributed by atoms with Crippen molar-refractivity contribution in [2.45, 2.75) is 0 Å². The molecule has 0 unspecified atom stereocenters. The highest BCUT2D eigenvalue weighted by atomic mass is 16.5. The van der Waals surface area contributed by atoms with Crippen LogP contribution in [0.5, 0.6) is 11.5 Å². The SMILES string of the molecule is COc1ccc(N2CCN(C(=O)Nc3ccc(N(C)C)cc3)CC2)cc1OC. The van der Waals surface area contributed by atoms with E-state index < -0.39 is 0 Å². The van der Waals surface area contributed by atoms with Crippen LogP contribution in [0.2, 0.25) is 0 Å². The molecule has 2 aromatic rings. The first-order chi connectivity index (χ1) is 13.5. The van der Waals surface area contributed by atoms with Crippen LogP contribution in [-0.2, 0) is 0 Å². The fourth-order valence-electron chi connectivity index (χ4n) is 3.23. The van der Waals surface area contributed by atoms with Gasteiger partial charge in [-0.3, -0.25) is 0 Å². The number of hydrogen-bond acceptors (Lipinski definition) is 5. The van der Waals surface area contributed by atoms with Crippen molar-refractivity contribution in [1.29, 1.82) is 0 Å². The van der Waals surface area contributed by atoms with Crippen molar-refractivity contribution in [3.8, 4) is 11.5 Å². The molecule has 1 aliphatic rings. The van der Waals surface area contributed by atoms with Crippen molar-refractivity contribution in [1.82, 2.24) is 4.90 Å². The van der Waals surface area contributed by atoms with E-state index in [4.69, 9.17) is 9.47 Å². The van der Waals surface area contributed by atoms with Crippen molar-refractivity contribution < 1.29 is 14.3 Å². The van der Waals surface area contributed by atoms with Gasteiger partial charge in [-0.2, -0.15) is 0 Å². The Kier molecular flexibility index (Phi) is 6.13. The molecule has 7 heteroatoms. The number of anilines is 3. The average molecular weight is 384 g/mol. The molecular weight excluding hydrogens is 356 g/mol. The molecule has 0 spiro atoms. The zero-order valence-electron chi connectivity index (χ0n) is 16.9. The molecule has 1 heterocycles. The molecule has 7 nitrogen and oxygen atoms in total. The predicted octanol–water partition coefficient (Wildman–Crippen LogP) is 3.12. The maximum atomic E-state index is 12.6. The molecule has 1 aliphatic heterocycles. The van der Waals surface area contributed by atoms with E-state index in [9.17, 15) is 4.79 Å². The fraction of sp³-hybridized carbons (Fsp3) is 0.381. The lowest BCUT2D eigenvalue weighted by molar-refractivity contribution is 0.208. The Morgan fingerprint density at radius 3 is 2.14 bits per heavy atom. The van der Waals surface area contributed by atoms with Crippen LogP contribution in [0.4, 0.5) is 21.9 Å². The Morgan fingerprint density at radius 2 is 1.57 bits per heavy atom. The van der Waals surface area contributed by atoms with E-state index in [-0.39, 0.29) is 6.03 Å². The van der Waals surface area contributed by atoms with Gasteiger partial charge in [-0.25, -0.2) is 4.79 Å². The first-order valence-electron chi connectivity index (χ1n) is 9.32. The van der Waals surface area contributed by atoms with Crippen molar-refractivity contribution >= 4 is 23.1 Å². The zero-order chi connectivity index (χ0) is 20.1. The van der Waals surface area contributed by atoms with E-state index in [1.165, 1.54) is 0 Å². The number of ether oxygens (including phenoxy) is 2. The average Bonchev–Trinajstić information content (AvgIpc) is 2.73. The maximum absolute atomic E-state index is 12.6. The lowest BCUT2D eigenvalue weighted by atomic mass is 10.2. The number of piperazine rings is 1. The second kappa shape index (κ2) is 8.73. The lowest BCUT2D eigenvalue weighted by Gasteiger charge is -2.36. The van der Waals surface area contributed by atoms with Crippen molar-refractivity contribution in [2.24, 2.45) is 0 Å². The lowest BCUT2D eigenvalue weighted by Crippen LogP contribution is -2.50. The standard InChI is InChI=1S/C21H28N4O3/c1-23(2)17-7-5-16(6-8-17)22-21(26)25-13-11-24(12-14-25)18-9-10-19(27-3)20(15-18)28-4/h5-10,15H,11-14H2,1-4H3,(H,22,26). The van der Waals surface area contributed by atoms with Crippen LogP contribution in [-0.4, -0.2) is 65.4 Å². The Morgan fingerprint density at radius 1 is 0.929 bits per heavy atom. The maximum Gasteiger partial charge on any atom is 0.321 e. The highest BCUT2D eigenvalue weighted by molar-refractivity contribution is 5.89. The van der Waals surface area contributed by atoms with Crippen molar-refractivity contribution in [3.05, 3.63) is 42.5 Å². The summed E-state index contributed by atoms with van der Waals surface area (Å²) in [7, 11) is 7.24. The molecule has 1 fully saturated rings. The normalized spacial score (nSPS) is 13.9. The van der Waals surface area contributed by atoms with E-state index in [2.05, 4.69) is 10.2 Å². The minimum Gasteiger partial charge on any atom is -0.493 e. The summed E-state index contributed by atoms with van der Waals surface area (Å²) < 4.78 is 10.7. The molecule has 150 valence electrons. The molecule has 1 N–H and O–H groups in total. The third kappa shape index (κ3) is 4.42. The van der Waals surface area contributed by atoms with Gasteiger partial charge < -0.3 is 29.5 Å². The number of amides is 2. The third-order valence-electron chi connectivity index (χ3n) is 4.93. The number of hydrogen-bond donors (Lipinski definition) is 1. The minimum absolute atomic E-state index is 0.0652. The summed E-state index contributed by atoms with van der Waals surface area (Å²) in [6.45, 7) is 2.86. The van der Waals surface area contributed by atoms with Gasteiger partial charge in [0.1, 0.15) is 0 Å². The molecule has 2 amide bonds. The molecule has 0 atom stereocenters. The Labute approximate surface area is 166 Å². The highest BCUT2D eigenvalue weighted by Gasteiger charge is 2.22. The number of nitrogens with one attached hydrogen (secondary N) is 1. The largest absolute Gasteiger partial charge is 0.493 e. The number of methoxy groups -OCH3 is 2. The van der Waals surface area contributed by atoms with E-state index >= 15 is 0 Å². The highest BCUT2D eigenvalue weighted by Crippen LogP contribution is 2.31. The summed E-state index contributed by atoms with van der Waals surface area (Å²) >= 11 is 0. The Bertz CT molecular complexity index is 800. The van der Waals surface area contributed by atoms with Crippen molar-refractivity contribution in [3.63, 3.8) is 0 Å². The minimum atomic E-state index is -0.0652. The summed E-state index contributed by atoms with van der Waals surface area (Å²) in [5.41, 5.74) is 2.97. The molecule has 1 saturated heterocycles. The van der Waals surface area contributed by atoms with E-state index in [1.807, 2.05) is 66.4 Å². The van der Waals surface area contributed by atoms with Gasteiger partial charge in [-0.1, -0.05) is 0 Å². The first kappa shape index (κ1) is 19.7. The number of rotatable bonds is 5. The van der Waals surface area contributed by atoms with Gasteiger partial charge in [0.25, 0.3) is 0 Å². The van der Waals surface area contributed by atoms with Gasteiger partial charge in [-0.15, -0.1) is 0 Å². The van der Waals surface area contributed by atoms with E-state index in [1.54, 1.807) is 14.2 Å². The molecule has 3 rings (SSSR count). The number of carbonyl (C=O) groups excluding carboxylic acids is 1. The number of carbonyl (C=O) groups is 1. The fourth-order valence-corrected chi connectivity index (χ4v) is 3.23. The molecule has 0 aromatic heterocycles. The first-order valence-corrected chi connectivity index (χ1v) is 9.32. The molecule has 0 saturated carbocycles. The van der Waals surface area contributed by atoms with Crippen molar-refractivity contribution in [2.75, 3.05) is 69.6 Å². The molecule has 0 bridgehead atoms. The van der Waals surface area contributed by atoms with E-state index in [0.717, 1.165) is 30.2 Å². The van der Waals surface area contributed by atoms with Gasteiger partial charge in [0, 0.05) is 63.4 Å². The van der Waals surface area contributed by atoms with Gasteiger partial charge in [-0.05, 0) is 36.4 Å². The van der Waals surface area contributed by atoms with Gasteiger partial charge in [0.05, 0.1) is 14.2 Å². The third-order valence-corrected chi connectivity index (χ3v) is 4.93. The van der Waals surface area contributed by atoms with Crippen LogP contribution < -0.4 is 24.6 Å². The summed E-state index contributed by atoms with van der Waals surface area (Å²) in [5.74, 6) is 1.42. The van der Waals surface area contributed by atoms with Crippen LogP contribution in [0.1, 0.15) is 0 Å². The second-order valence-electron chi connectivity index (χ2n) is 6.88. The second-order valence-corrected chi connectivity index (χ2v) is 6.88. The Hall–Kier alpha value is -3.09. The smallest absolute Gasteiger partial charge is 0.321 e. The van der Waals surface area contributed by atoms with Gasteiger partial charge >= 0.3 is 6.03 Å². The van der Waals surface area contributed by atoms with Gasteiger partial charge in [0.15, 0.2) is 11.5 Å². The molecule has 28 heavy (non-hydrogen) atoms. The molecule has 2 aromatic carbocycles. The number of urea groups is 1. The summed E-state index contributed by atoms with van der Waals surface area (Å²) in [5, 5.41) is 2.98.